The molecule has 1 aliphatic heterocycles. The molecule has 3 atom stereocenters. The highest BCUT2D eigenvalue weighted by Gasteiger charge is 2.38. The quantitative estimate of drug-likeness (QED) is 0.513. The number of carbonyl (C=O) groups is 1. The molecule has 2 heterocycles. The monoisotopic (exact) mass is 419 g/mol. The molecule has 0 bridgehead atoms. The fourth-order valence-electron chi connectivity index (χ4n) is 2.67. The highest BCUT2D eigenvalue weighted by atomic mass is 19.4. The van der Waals surface area contributed by atoms with Gasteiger partial charge in [0.05, 0.1) is 24.9 Å². The van der Waals surface area contributed by atoms with E-state index in [0.717, 1.165) is 16.7 Å². The molecule has 1 aliphatic rings. The maximum absolute atomic E-state index is 12.1. The molecule has 0 saturated carbocycles. The maximum Gasteiger partial charge on any atom is 0.471 e. The Morgan fingerprint density at radius 1 is 1.48 bits per heavy atom. The Morgan fingerprint density at radius 3 is 2.83 bits per heavy atom. The van der Waals surface area contributed by atoms with Crippen molar-refractivity contribution in [3.05, 3.63) is 51.3 Å². The maximum atomic E-state index is 12.1. The van der Waals surface area contributed by atoms with Crippen molar-refractivity contribution < 1.29 is 32.5 Å². The number of aliphatic hydroxyl groups excluding tert-OH is 1. The Labute approximate surface area is 162 Å². The fourth-order valence-corrected chi connectivity index (χ4v) is 2.67. The first-order chi connectivity index (χ1) is 13.7. The lowest BCUT2D eigenvalue weighted by molar-refractivity contribution is -0.173. The molecule has 3 N–H and O–H groups in total. The van der Waals surface area contributed by atoms with Crippen LogP contribution in [0.3, 0.4) is 0 Å². The number of nitrogens with one attached hydrogen (secondary N) is 2. The molecule has 1 saturated heterocycles. The Balaban J connectivity index is 2.14. The van der Waals surface area contributed by atoms with Gasteiger partial charge in [-0.25, -0.2) is 4.79 Å². The number of aromatic nitrogens is 2. The van der Waals surface area contributed by atoms with E-state index >= 15 is 0 Å². The minimum Gasteiger partial charge on any atom is -0.394 e. The van der Waals surface area contributed by atoms with E-state index in [1.54, 1.807) is 5.32 Å². The standard InChI is InChI=1S/C17H20F3N3O6/c1-2-6-28-11-7-13(29-12(11)9-24)23-8-10(14(25)22-16(23)27)4-3-5-21-15(26)17(18,19)20/h2-4,8,11-13,24H,1,5-7,9H2,(H,21,26)(H,22,25,27)/b4-3+/t11-,12-,13-/m1/s1. The number of rotatable bonds is 8. The van der Waals surface area contributed by atoms with Crippen LogP contribution in [0.4, 0.5) is 13.2 Å². The summed E-state index contributed by atoms with van der Waals surface area (Å²) >= 11 is 0. The molecule has 0 aromatic carbocycles. The number of aromatic amines is 1. The van der Waals surface area contributed by atoms with E-state index in [1.807, 2.05) is 0 Å². The van der Waals surface area contributed by atoms with Crippen LogP contribution in [-0.4, -0.2) is 58.7 Å². The van der Waals surface area contributed by atoms with Gasteiger partial charge in [-0.2, -0.15) is 13.2 Å². The fraction of sp³-hybridized carbons (Fsp3) is 0.471. The average molecular weight is 419 g/mol. The van der Waals surface area contributed by atoms with Gasteiger partial charge in [-0.3, -0.25) is 19.1 Å². The first kappa shape index (κ1) is 22.6. The third kappa shape index (κ3) is 5.89. The first-order valence-electron chi connectivity index (χ1n) is 8.53. The molecular formula is C17H20F3N3O6. The molecule has 0 spiro atoms. The summed E-state index contributed by atoms with van der Waals surface area (Å²) in [5, 5.41) is 11.0. The van der Waals surface area contributed by atoms with Crippen molar-refractivity contribution in [3.63, 3.8) is 0 Å². The summed E-state index contributed by atoms with van der Waals surface area (Å²) in [4.78, 5) is 36.9. The second-order valence-corrected chi connectivity index (χ2v) is 6.07. The summed E-state index contributed by atoms with van der Waals surface area (Å²) in [6.45, 7) is 2.93. The average Bonchev–Trinajstić information content (AvgIpc) is 3.06. The Morgan fingerprint density at radius 2 is 2.21 bits per heavy atom. The second kappa shape index (κ2) is 9.67. The van der Waals surface area contributed by atoms with Crippen LogP contribution >= 0.6 is 0 Å². The zero-order valence-electron chi connectivity index (χ0n) is 15.1. The highest BCUT2D eigenvalue weighted by molar-refractivity contribution is 5.81. The lowest BCUT2D eigenvalue weighted by Gasteiger charge is -2.15. The van der Waals surface area contributed by atoms with Crippen molar-refractivity contribution in [1.29, 1.82) is 0 Å². The molecule has 29 heavy (non-hydrogen) atoms. The highest BCUT2D eigenvalue weighted by Crippen LogP contribution is 2.29. The summed E-state index contributed by atoms with van der Waals surface area (Å²) in [5.41, 5.74) is -1.56. The number of hydrogen-bond donors (Lipinski definition) is 3. The van der Waals surface area contributed by atoms with Gasteiger partial charge >= 0.3 is 17.8 Å². The van der Waals surface area contributed by atoms with Crippen molar-refractivity contribution >= 4 is 12.0 Å². The Hall–Kier alpha value is -2.70. The minimum absolute atomic E-state index is 0.0366. The molecule has 1 amide bonds. The molecule has 1 fully saturated rings. The van der Waals surface area contributed by atoms with Gasteiger partial charge in [-0.1, -0.05) is 18.2 Å². The molecule has 160 valence electrons. The zero-order chi connectivity index (χ0) is 21.6. The van der Waals surface area contributed by atoms with Crippen LogP contribution in [0.15, 0.2) is 34.5 Å². The summed E-state index contributed by atoms with van der Waals surface area (Å²) in [6, 6.07) is 0. The smallest absolute Gasteiger partial charge is 0.394 e. The predicted molar refractivity (Wildman–Crippen MR) is 95.0 cm³/mol. The summed E-state index contributed by atoms with van der Waals surface area (Å²) < 4.78 is 48.6. The normalized spacial score (nSPS) is 22.1. The van der Waals surface area contributed by atoms with Crippen LogP contribution in [-0.2, 0) is 14.3 Å². The molecule has 0 unspecified atom stereocenters. The Kier molecular flexibility index (Phi) is 7.53. The van der Waals surface area contributed by atoms with Crippen LogP contribution in [0.2, 0.25) is 0 Å². The van der Waals surface area contributed by atoms with Gasteiger partial charge in [-0.05, 0) is 0 Å². The topological polar surface area (TPSA) is 123 Å². The molecule has 2 rings (SSSR count). The van der Waals surface area contributed by atoms with Crippen LogP contribution in [0.5, 0.6) is 0 Å². The van der Waals surface area contributed by atoms with Crippen molar-refractivity contribution in [3.8, 4) is 0 Å². The van der Waals surface area contributed by atoms with Gasteiger partial charge in [0.1, 0.15) is 12.3 Å². The van der Waals surface area contributed by atoms with Crippen LogP contribution in [0.1, 0.15) is 18.2 Å². The van der Waals surface area contributed by atoms with Gasteiger partial charge < -0.3 is 19.9 Å². The number of ether oxygens (including phenoxy) is 2. The van der Waals surface area contributed by atoms with Crippen LogP contribution in [0, 0.1) is 0 Å². The van der Waals surface area contributed by atoms with E-state index < -0.39 is 48.3 Å². The van der Waals surface area contributed by atoms with Crippen LogP contribution < -0.4 is 16.6 Å². The van der Waals surface area contributed by atoms with E-state index in [2.05, 4.69) is 11.6 Å². The first-order valence-corrected chi connectivity index (χ1v) is 8.53. The molecule has 9 nitrogen and oxygen atoms in total. The van der Waals surface area contributed by atoms with Crippen LogP contribution in [0.25, 0.3) is 6.08 Å². The zero-order valence-corrected chi connectivity index (χ0v) is 15.1. The number of halogens is 3. The Bertz CT molecular complexity index is 876. The lowest BCUT2D eigenvalue weighted by Crippen LogP contribution is -2.36. The second-order valence-electron chi connectivity index (χ2n) is 6.07. The van der Waals surface area contributed by atoms with E-state index in [1.165, 1.54) is 12.3 Å². The van der Waals surface area contributed by atoms with Gasteiger partial charge in [0.15, 0.2) is 0 Å². The third-order valence-electron chi connectivity index (χ3n) is 4.03. The van der Waals surface area contributed by atoms with Gasteiger partial charge in [-0.15, -0.1) is 6.58 Å². The molecule has 0 aliphatic carbocycles. The van der Waals surface area contributed by atoms with Crippen molar-refractivity contribution in [2.75, 3.05) is 19.8 Å². The molecule has 0 radical (unpaired) electrons. The van der Waals surface area contributed by atoms with E-state index in [4.69, 9.17) is 9.47 Å². The molecule has 1 aromatic heterocycles. The van der Waals surface area contributed by atoms with E-state index in [-0.39, 0.29) is 25.2 Å². The van der Waals surface area contributed by atoms with Crippen molar-refractivity contribution in [1.82, 2.24) is 14.9 Å². The predicted octanol–water partition coefficient (Wildman–Crippen LogP) is 0.0793. The number of carbonyl (C=O) groups excluding carboxylic acids is 1. The van der Waals surface area contributed by atoms with Gasteiger partial charge in [0, 0.05) is 19.2 Å². The van der Waals surface area contributed by atoms with Crippen molar-refractivity contribution in [2.45, 2.75) is 31.0 Å². The summed E-state index contributed by atoms with van der Waals surface area (Å²) in [6.07, 6.45) is -1.81. The summed E-state index contributed by atoms with van der Waals surface area (Å²) in [7, 11) is 0. The lowest BCUT2D eigenvalue weighted by atomic mass is 10.2. The molecule has 12 heteroatoms. The van der Waals surface area contributed by atoms with E-state index in [0.29, 0.717) is 0 Å². The molecular weight excluding hydrogens is 399 g/mol. The third-order valence-corrected chi connectivity index (χ3v) is 4.03. The number of aliphatic hydroxyl groups is 1. The number of H-pyrrole nitrogens is 1. The largest absolute Gasteiger partial charge is 0.471 e. The van der Waals surface area contributed by atoms with Gasteiger partial charge in [0.2, 0.25) is 0 Å². The number of alkyl halides is 3. The van der Waals surface area contributed by atoms with Crippen molar-refractivity contribution in [2.24, 2.45) is 0 Å². The number of amides is 1. The minimum atomic E-state index is -5.01. The summed E-state index contributed by atoms with van der Waals surface area (Å²) in [5.74, 6) is -2.11. The SMILES string of the molecule is C=CCO[C@@H]1C[C@H](n2cc(/C=C/CNC(=O)C(F)(F)F)c(=O)[nH]c2=O)O[C@@H]1CO. The van der Waals surface area contributed by atoms with Gasteiger partial charge in [0.25, 0.3) is 5.56 Å². The number of hydrogen-bond acceptors (Lipinski definition) is 6. The molecule has 1 aromatic rings. The number of nitrogens with zero attached hydrogens (tertiary/aromatic N) is 1. The van der Waals surface area contributed by atoms with E-state index in [9.17, 15) is 32.7 Å².